The van der Waals surface area contributed by atoms with Crippen LogP contribution in [0.4, 0.5) is 8.78 Å². The summed E-state index contributed by atoms with van der Waals surface area (Å²) in [5, 5.41) is 3.50. The molecule has 1 saturated heterocycles. The molecule has 0 amide bonds. The summed E-state index contributed by atoms with van der Waals surface area (Å²) in [5.74, 6) is -0.686. The van der Waals surface area contributed by atoms with Gasteiger partial charge in [-0.2, -0.15) is 0 Å². The first-order valence-electron chi connectivity index (χ1n) is 7.05. The molecule has 0 aromatic heterocycles. The van der Waals surface area contributed by atoms with Gasteiger partial charge in [-0.15, -0.1) is 0 Å². The Kier molecular flexibility index (Phi) is 4.88. The van der Waals surface area contributed by atoms with Crippen molar-refractivity contribution in [3.8, 4) is 0 Å². The summed E-state index contributed by atoms with van der Waals surface area (Å²) in [4.78, 5) is 2.27. The second kappa shape index (κ2) is 6.44. The van der Waals surface area contributed by atoms with E-state index in [2.05, 4.69) is 24.1 Å². The van der Waals surface area contributed by atoms with Crippen LogP contribution in [0.2, 0.25) is 0 Å². The second-order valence-corrected chi connectivity index (χ2v) is 5.24. The van der Waals surface area contributed by atoms with Gasteiger partial charge in [-0.25, -0.2) is 8.78 Å². The predicted octanol–water partition coefficient (Wildman–Crippen LogP) is 2.93. The van der Waals surface area contributed by atoms with E-state index in [1.165, 1.54) is 18.2 Å². The van der Waals surface area contributed by atoms with Crippen molar-refractivity contribution < 1.29 is 8.78 Å². The molecule has 2 nitrogen and oxygen atoms in total. The molecule has 0 radical (unpaired) electrons. The lowest BCUT2D eigenvalue weighted by Crippen LogP contribution is -2.55. The van der Waals surface area contributed by atoms with Gasteiger partial charge in [0.1, 0.15) is 11.6 Å². The fraction of sp³-hybridized carbons (Fsp3) is 0.600. The van der Waals surface area contributed by atoms with Crippen LogP contribution in [-0.2, 0) is 6.54 Å². The van der Waals surface area contributed by atoms with Crippen LogP contribution < -0.4 is 5.32 Å². The molecule has 1 heterocycles. The highest BCUT2D eigenvalue weighted by atomic mass is 19.1. The molecule has 1 N–H and O–H groups in total. The van der Waals surface area contributed by atoms with Crippen LogP contribution in [0.3, 0.4) is 0 Å². The molecular weight excluding hydrogens is 246 g/mol. The van der Waals surface area contributed by atoms with E-state index in [1.807, 2.05) is 0 Å². The summed E-state index contributed by atoms with van der Waals surface area (Å²) < 4.78 is 27.0. The van der Waals surface area contributed by atoms with Crippen molar-refractivity contribution >= 4 is 0 Å². The van der Waals surface area contributed by atoms with Crippen LogP contribution in [0, 0.1) is 11.6 Å². The Morgan fingerprint density at radius 3 is 2.74 bits per heavy atom. The minimum Gasteiger partial charge on any atom is -0.311 e. The summed E-state index contributed by atoms with van der Waals surface area (Å²) in [6.45, 7) is 6.58. The molecule has 1 aliphatic rings. The number of nitrogens with one attached hydrogen (secondary N) is 1. The number of halogens is 2. The summed E-state index contributed by atoms with van der Waals surface area (Å²) in [7, 11) is 0. The van der Waals surface area contributed by atoms with Crippen molar-refractivity contribution in [1.29, 1.82) is 0 Å². The van der Waals surface area contributed by atoms with E-state index in [9.17, 15) is 8.78 Å². The van der Waals surface area contributed by atoms with Crippen molar-refractivity contribution in [3.05, 3.63) is 35.4 Å². The molecule has 4 heteroatoms. The van der Waals surface area contributed by atoms with Gasteiger partial charge in [0.25, 0.3) is 0 Å². The van der Waals surface area contributed by atoms with Gasteiger partial charge in [0.2, 0.25) is 0 Å². The molecule has 1 aromatic rings. The minimum atomic E-state index is -0.369. The molecule has 0 aliphatic carbocycles. The molecule has 2 rings (SSSR count). The zero-order chi connectivity index (χ0) is 13.8. The standard InChI is InChI=1S/C15H22F2N2/c1-3-13-10-19(14(4-2)8-18-13)9-11-7-12(16)5-6-15(11)17/h5-7,13-14,18H,3-4,8-10H2,1-2H3. The topological polar surface area (TPSA) is 15.3 Å². The summed E-state index contributed by atoms with van der Waals surface area (Å²) in [6.07, 6.45) is 2.07. The van der Waals surface area contributed by atoms with Gasteiger partial charge >= 0.3 is 0 Å². The van der Waals surface area contributed by atoms with Gasteiger partial charge < -0.3 is 5.32 Å². The van der Waals surface area contributed by atoms with Crippen molar-refractivity contribution in [3.63, 3.8) is 0 Å². The Bertz CT molecular complexity index is 423. The molecule has 106 valence electrons. The number of rotatable bonds is 4. The zero-order valence-corrected chi connectivity index (χ0v) is 11.6. The highest BCUT2D eigenvalue weighted by Crippen LogP contribution is 2.18. The van der Waals surface area contributed by atoms with Crippen molar-refractivity contribution in [1.82, 2.24) is 10.2 Å². The molecule has 0 saturated carbocycles. The van der Waals surface area contributed by atoms with Crippen molar-refractivity contribution in [2.75, 3.05) is 13.1 Å². The molecule has 1 aromatic carbocycles. The van der Waals surface area contributed by atoms with E-state index in [1.54, 1.807) is 0 Å². The third-order valence-electron chi connectivity index (χ3n) is 3.96. The molecule has 19 heavy (non-hydrogen) atoms. The number of benzene rings is 1. The van der Waals surface area contributed by atoms with Crippen LogP contribution in [0.25, 0.3) is 0 Å². The maximum absolute atomic E-state index is 13.7. The fourth-order valence-corrected chi connectivity index (χ4v) is 2.68. The normalized spacial score (nSPS) is 24.6. The van der Waals surface area contributed by atoms with Gasteiger partial charge in [-0.1, -0.05) is 13.8 Å². The number of hydrogen-bond acceptors (Lipinski definition) is 2. The maximum atomic E-state index is 13.7. The largest absolute Gasteiger partial charge is 0.311 e. The summed E-state index contributed by atoms with van der Waals surface area (Å²) >= 11 is 0. The van der Waals surface area contributed by atoms with Crippen LogP contribution in [0.15, 0.2) is 18.2 Å². The van der Waals surface area contributed by atoms with Crippen molar-refractivity contribution in [2.45, 2.75) is 45.3 Å². The Morgan fingerprint density at radius 2 is 2.05 bits per heavy atom. The van der Waals surface area contributed by atoms with E-state index in [0.717, 1.165) is 25.9 Å². The van der Waals surface area contributed by atoms with E-state index in [4.69, 9.17) is 0 Å². The predicted molar refractivity (Wildman–Crippen MR) is 72.9 cm³/mol. The number of piperazine rings is 1. The Morgan fingerprint density at radius 1 is 1.26 bits per heavy atom. The van der Waals surface area contributed by atoms with Gasteiger partial charge in [-0.3, -0.25) is 4.90 Å². The maximum Gasteiger partial charge on any atom is 0.127 e. The van der Waals surface area contributed by atoms with E-state index < -0.39 is 0 Å². The van der Waals surface area contributed by atoms with Crippen LogP contribution in [0.1, 0.15) is 32.3 Å². The average Bonchev–Trinajstić information content (AvgIpc) is 2.42. The zero-order valence-electron chi connectivity index (χ0n) is 11.6. The first kappa shape index (κ1) is 14.4. The highest BCUT2D eigenvalue weighted by molar-refractivity contribution is 5.19. The van der Waals surface area contributed by atoms with Crippen LogP contribution >= 0.6 is 0 Å². The summed E-state index contributed by atoms with van der Waals surface area (Å²) in [5.41, 5.74) is 0.454. The van der Waals surface area contributed by atoms with Crippen molar-refractivity contribution in [2.24, 2.45) is 0 Å². The molecule has 1 aliphatic heterocycles. The Balaban J connectivity index is 2.11. The van der Waals surface area contributed by atoms with Gasteiger partial charge in [0, 0.05) is 37.3 Å². The minimum absolute atomic E-state index is 0.317. The number of nitrogens with zero attached hydrogens (tertiary/aromatic N) is 1. The summed E-state index contributed by atoms with van der Waals surface area (Å²) in [6, 6.07) is 4.53. The third-order valence-corrected chi connectivity index (χ3v) is 3.96. The molecular formula is C15H22F2N2. The molecule has 2 atom stereocenters. The first-order chi connectivity index (χ1) is 9.13. The molecule has 1 fully saturated rings. The highest BCUT2D eigenvalue weighted by Gasteiger charge is 2.26. The van der Waals surface area contributed by atoms with E-state index in [-0.39, 0.29) is 11.6 Å². The SMILES string of the molecule is CCC1CN(Cc2cc(F)ccc2F)C(CC)CN1. The monoisotopic (exact) mass is 268 g/mol. The average molecular weight is 268 g/mol. The van der Waals surface area contributed by atoms with Crippen LogP contribution in [0.5, 0.6) is 0 Å². The Labute approximate surface area is 113 Å². The lowest BCUT2D eigenvalue weighted by molar-refractivity contribution is 0.116. The second-order valence-electron chi connectivity index (χ2n) is 5.24. The van der Waals surface area contributed by atoms with E-state index >= 15 is 0 Å². The smallest absolute Gasteiger partial charge is 0.127 e. The Hall–Kier alpha value is -1.00. The molecule has 0 spiro atoms. The lowest BCUT2D eigenvalue weighted by Gasteiger charge is -2.40. The van der Waals surface area contributed by atoms with Gasteiger partial charge in [0.05, 0.1) is 0 Å². The fourth-order valence-electron chi connectivity index (χ4n) is 2.68. The first-order valence-corrected chi connectivity index (χ1v) is 7.05. The van der Waals surface area contributed by atoms with Gasteiger partial charge in [-0.05, 0) is 31.0 Å². The molecule has 2 unspecified atom stereocenters. The molecule has 0 bridgehead atoms. The van der Waals surface area contributed by atoms with Crippen LogP contribution in [-0.4, -0.2) is 30.1 Å². The van der Waals surface area contributed by atoms with Gasteiger partial charge in [0.15, 0.2) is 0 Å². The third kappa shape index (κ3) is 3.51. The quantitative estimate of drug-likeness (QED) is 0.903. The number of hydrogen-bond donors (Lipinski definition) is 1. The van der Waals surface area contributed by atoms with E-state index in [0.29, 0.717) is 24.2 Å². The lowest BCUT2D eigenvalue weighted by atomic mass is 10.0.